The van der Waals surface area contributed by atoms with Gasteiger partial charge in [0, 0.05) is 27.2 Å². The number of nitrogens with zero attached hydrogens (tertiary/aromatic N) is 2. The maximum absolute atomic E-state index is 12.5. The fourth-order valence-electron chi connectivity index (χ4n) is 1.75. The van der Waals surface area contributed by atoms with Crippen molar-refractivity contribution in [2.24, 2.45) is 0 Å². The van der Waals surface area contributed by atoms with Gasteiger partial charge in [-0.15, -0.1) is 6.58 Å². The van der Waals surface area contributed by atoms with Crippen LogP contribution in [0.15, 0.2) is 43.0 Å². The Bertz CT molecular complexity index is 516. The maximum atomic E-state index is 12.5. The van der Waals surface area contributed by atoms with E-state index in [1.54, 1.807) is 6.08 Å². The van der Waals surface area contributed by atoms with E-state index in [0.29, 0.717) is 6.54 Å². The zero-order chi connectivity index (χ0) is 16.0. The average molecular weight is 329 g/mol. The first-order valence-corrected chi connectivity index (χ1v) is 7.10. The smallest absolute Gasteiger partial charge is 0.273 e. The van der Waals surface area contributed by atoms with Gasteiger partial charge >= 0.3 is 0 Å². The van der Waals surface area contributed by atoms with E-state index in [4.69, 9.17) is 23.2 Å². The predicted molar refractivity (Wildman–Crippen MR) is 85.2 cm³/mol. The summed E-state index contributed by atoms with van der Waals surface area (Å²) in [7, 11) is 2.98. The first-order chi connectivity index (χ1) is 9.80. The summed E-state index contributed by atoms with van der Waals surface area (Å²) in [6.45, 7) is 4.16. The molecule has 0 aromatic heterocycles. The Hall–Kier alpha value is -1.52. The summed E-state index contributed by atoms with van der Waals surface area (Å²) in [4.78, 5) is 27.0. The standard InChI is InChI=1S/C15H18Cl2N2O2/c1-4-10-19(11-12-8-6-5-7-9-12)14(21)15(16,17)13(20)18(2)3/h4-9H,1,10-11H2,2-3H3. The van der Waals surface area contributed by atoms with Crippen molar-refractivity contribution in [3.05, 3.63) is 48.6 Å². The van der Waals surface area contributed by atoms with Gasteiger partial charge in [0.2, 0.25) is 0 Å². The number of benzene rings is 1. The summed E-state index contributed by atoms with van der Waals surface area (Å²) in [6.07, 6.45) is 1.56. The van der Waals surface area contributed by atoms with E-state index in [2.05, 4.69) is 6.58 Å². The van der Waals surface area contributed by atoms with Gasteiger partial charge in [0.25, 0.3) is 16.1 Å². The van der Waals surface area contributed by atoms with Gasteiger partial charge in [-0.3, -0.25) is 9.59 Å². The van der Waals surface area contributed by atoms with Crippen LogP contribution < -0.4 is 0 Å². The lowest BCUT2D eigenvalue weighted by molar-refractivity contribution is -0.140. The Balaban J connectivity index is 2.97. The van der Waals surface area contributed by atoms with Gasteiger partial charge in [-0.2, -0.15) is 0 Å². The molecule has 0 saturated carbocycles. The molecule has 0 aliphatic heterocycles. The molecule has 21 heavy (non-hydrogen) atoms. The molecule has 1 rings (SSSR count). The van der Waals surface area contributed by atoms with Crippen LogP contribution in [0.1, 0.15) is 5.56 Å². The Morgan fingerprint density at radius 2 is 1.76 bits per heavy atom. The summed E-state index contributed by atoms with van der Waals surface area (Å²) in [5.74, 6) is -1.33. The second-order valence-corrected chi connectivity index (χ2v) is 6.06. The zero-order valence-corrected chi connectivity index (χ0v) is 13.6. The third-order valence-electron chi connectivity index (χ3n) is 2.80. The van der Waals surface area contributed by atoms with E-state index in [1.165, 1.54) is 23.9 Å². The first kappa shape index (κ1) is 17.5. The molecule has 2 amide bonds. The normalized spacial score (nSPS) is 10.9. The molecule has 1 aromatic rings. The summed E-state index contributed by atoms with van der Waals surface area (Å²) in [5.41, 5.74) is 0.911. The van der Waals surface area contributed by atoms with E-state index in [9.17, 15) is 9.59 Å². The summed E-state index contributed by atoms with van der Waals surface area (Å²) < 4.78 is -2.14. The molecule has 0 unspecified atom stereocenters. The minimum atomic E-state index is -2.14. The van der Waals surface area contributed by atoms with Crippen molar-refractivity contribution in [1.29, 1.82) is 0 Å². The van der Waals surface area contributed by atoms with Crippen LogP contribution in [0.3, 0.4) is 0 Å². The van der Waals surface area contributed by atoms with E-state index in [-0.39, 0.29) is 6.54 Å². The second-order valence-electron chi connectivity index (χ2n) is 4.73. The quantitative estimate of drug-likeness (QED) is 0.457. The van der Waals surface area contributed by atoms with Gasteiger partial charge in [-0.1, -0.05) is 59.6 Å². The summed E-state index contributed by atoms with van der Waals surface area (Å²) >= 11 is 12.0. The highest BCUT2D eigenvalue weighted by Gasteiger charge is 2.45. The molecule has 0 N–H and O–H groups in total. The monoisotopic (exact) mass is 328 g/mol. The number of amides is 2. The molecule has 114 valence electrons. The molecule has 0 radical (unpaired) electrons. The Labute approximate surface area is 134 Å². The molecular formula is C15H18Cl2N2O2. The molecular weight excluding hydrogens is 311 g/mol. The van der Waals surface area contributed by atoms with E-state index < -0.39 is 16.1 Å². The number of carbonyl (C=O) groups is 2. The van der Waals surface area contributed by atoms with Gasteiger partial charge in [-0.05, 0) is 5.56 Å². The third-order valence-corrected chi connectivity index (χ3v) is 3.44. The highest BCUT2D eigenvalue weighted by molar-refractivity contribution is 6.67. The van der Waals surface area contributed by atoms with Crippen LogP contribution in [0.25, 0.3) is 0 Å². The maximum Gasteiger partial charge on any atom is 0.273 e. The van der Waals surface area contributed by atoms with Crippen molar-refractivity contribution in [3.63, 3.8) is 0 Å². The largest absolute Gasteiger partial charge is 0.346 e. The molecule has 0 bridgehead atoms. The van der Waals surface area contributed by atoms with Crippen molar-refractivity contribution in [1.82, 2.24) is 9.80 Å². The van der Waals surface area contributed by atoms with E-state index >= 15 is 0 Å². The van der Waals surface area contributed by atoms with Gasteiger partial charge in [0.15, 0.2) is 0 Å². The van der Waals surface area contributed by atoms with Gasteiger partial charge in [-0.25, -0.2) is 0 Å². The number of hydrogen-bond acceptors (Lipinski definition) is 2. The minimum Gasteiger partial charge on any atom is -0.346 e. The summed E-state index contributed by atoms with van der Waals surface area (Å²) in [6, 6.07) is 9.37. The Morgan fingerprint density at radius 1 is 1.19 bits per heavy atom. The van der Waals surface area contributed by atoms with Crippen molar-refractivity contribution < 1.29 is 9.59 Å². The van der Waals surface area contributed by atoms with E-state index in [0.717, 1.165) is 5.56 Å². The molecule has 6 heteroatoms. The molecule has 0 fully saturated rings. The molecule has 0 spiro atoms. The van der Waals surface area contributed by atoms with Crippen molar-refractivity contribution >= 4 is 35.0 Å². The van der Waals surface area contributed by atoms with Crippen LogP contribution in [-0.4, -0.2) is 46.6 Å². The Morgan fingerprint density at radius 3 is 2.24 bits per heavy atom. The number of halogens is 2. The molecule has 0 aliphatic rings. The Kier molecular flexibility index (Phi) is 6.24. The molecule has 4 nitrogen and oxygen atoms in total. The molecule has 0 atom stereocenters. The fourth-order valence-corrected chi connectivity index (χ4v) is 2.33. The minimum absolute atomic E-state index is 0.246. The number of hydrogen-bond donors (Lipinski definition) is 0. The zero-order valence-electron chi connectivity index (χ0n) is 12.1. The van der Waals surface area contributed by atoms with Gasteiger partial charge < -0.3 is 9.80 Å². The van der Waals surface area contributed by atoms with Crippen LogP contribution in [0.4, 0.5) is 0 Å². The van der Waals surface area contributed by atoms with Gasteiger partial charge in [0.1, 0.15) is 0 Å². The topological polar surface area (TPSA) is 40.6 Å². The predicted octanol–water partition coefficient (Wildman–Crippen LogP) is 2.46. The number of rotatable bonds is 6. The SMILES string of the molecule is C=CCN(Cc1ccccc1)C(=O)C(Cl)(Cl)C(=O)N(C)C. The van der Waals surface area contributed by atoms with Crippen molar-refractivity contribution in [2.75, 3.05) is 20.6 Å². The fraction of sp³-hybridized carbons (Fsp3) is 0.333. The van der Waals surface area contributed by atoms with Gasteiger partial charge in [0.05, 0.1) is 0 Å². The third kappa shape index (κ3) is 4.48. The van der Waals surface area contributed by atoms with Crippen LogP contribution in [0, 0.1) is 0 Å². The lowest BCUT2D eigenvalue weighted by Crippen LogP contribution is -2.50. The van der Waals surface area contributed by atoms with Crippen LogP contribution >= 0.6 is 23.2 Å². The second kappa shape index (κ2) is 7.48. The number of alkyl halides is 2. The number of carbonyl (C=O) groups excluding carboxylic acids is 2. The summed E-state index contributed by atoms with van der Waals surface area (Å²) in [5, 5.41) is 0. The first-order valence-electron chi connectivity index (χ1n) is 6.34. The lowest BCUT2D eigenvalue weighted by atomic mass is 10.2. The lowest BCUT2D eigenvalue weighted by Gasteiger charge is -2.29. The van der Waals surface area contributed by atoms with Crippen molar-refractivity contribution in [2.45, 2.75) is 10.9 Å². The molecule has 0 saturated heterocycles. The van der Waals surface area contributed by atoms with E-state index in [1.807, 2.05) is 30.3 Å². The van der Waals surface area contributed by atoms with Crippen LogP contribution in [0.5, 0.6) is 0 Å². The molecule has 0 aliphatic carbocycles. The van der Waals surface area contributed by atoms with Crippen LogP contribution in [0.2, 0.25) is 0 Å². The molecule has 0 heterocycles. The average Bonchev–Trinajstić information content (AvgIpc) is 2.46. The molecule has 1 aromatic carbocycles. The highest BCUT2D eigenvalue weighted by Crippen LogP contribution is 2.27. The highest BCUT2D eigenvalue weighted by atomic mass is 35.5. The van der Waals surface area contributed by atoms with Crippen molar-refractivity contribution in [3.8, 4) is 0 Å². The van der Waals surface area contributed by atoms with Crippen LogP contribution in [-0.2, 0) is 16.1 Å².